The topological polar surface area (TPSA) is 46.2 Å². The molecule has 0 aromatic rings. The smallest absolute Gasteiger partial charge is 0.216 e. The first-order valence-electron chi connectivity index (χ1n) is 6.15. The van der Waals surface area contributed by atoms with Gasteiger partial charge in [0.1, 0.15) is 5.78 Å². The van der Waals surface area contributed by atoms with E-state index in [1.807, 2.05) is 27.7 Å². The molecule has 0 radical (unpaired) electrons. The Morgan fingerprint density at radius 2 is 1.42 bits per heavy atom. The van der Waals surface area contributed by atoms with Crippen molar-refractivity contribution in [3.63, 3.8) is 0 Å². The summed E-state index contributed by atoms with van der Waals surface area (Å²) in [6.45, 7) is 10.9. The number of hydrogen-bond donors (Lipinski definition) is 1. The summed E-state index contributed by atoms with van der Waals surface area (Å²) >= 11 is 0. The summed E-state index contributed by atoms with van der Waals surface area (Å²) in [4.78, 5) is 20.0. The van der Waals surface area contributed by atoms with E-state index in [2.05, 4.69) is 34.9 Å². The first kappa shape index (κ1) is 25.6. The van der Waals surface area contributed by atoms with Crippen LogP contribution >= 0.6 is 0 Å². The number of Topliss-reactive ketones (excluding diaryl/α,β-unsaturated/α-hetero) is 1. The lowest BCUT2D eigenvalue weighted by molar-refractivity contribution is -0.118. The highest BCUT2D eigenvalue weighted by Crippen LogP contribution is 1.74. The SMILES string of the molecule is C#CC#CC#CCC(C)=O.CC.CC.CNC(C)=O. The molecule has 0 aliphatic rings. The van der Waals surface area contributed by atoms with Crippen LogP contribution in [0.15, 0.2) is 0 Å². The van der Waals surface area contributed by atoms with E-state index in [0.717, 1.165) is 0 Å². The van der Waals surface area contributed by atoms with Gasteiger partial charge in [-0.25, -0.2) is 0 Å². The molecule has 1 amide bonds. The molecular formula is C16H25NO2. The van der Waals surface area contributed by atoms with E-state index in [1.165, 1.54) is 13.8 Å². The summed E-state index contributed by atoms with van der Waals surface area (Å²) in [5.74, 6) is 11.8. The largest absolute Gasteiger partial charge is 0.359 e. The monoisotopic (exact) mass is 263 g/mol. The van der Waals surface area contributed by atoms with E-state index in [1.54, 1.807) is 7.05 Å². The number of amides is 1. The molecule has 0 heterocycles. The molecule has 0 aromatic heterocycles. The van der Waals surface area contributed by atoms with E-state index in [0.29, 0.717) is 0 Å². The van der Waals surface area contributed by atoms with Gasteiger partial charge >= 0.3 is 0 Å². The first-order chi connectivity index (χ1) is 9.04. The van der Waals surface area contributed by atoms with Gasteiger partial charge in [0.05, 0.1) is 6.42 Å². The van der Waals surface area contributed by atoms with Crippen LogP contribution in [0.4, 0.5) is 0 Å². The van der Waals surface area contributed by atoms with Gasteiger partial charge < -0.3 is 5.32 Å². The second-order valence-electron chi connectivity index (χ2n) is 2.38. The van der Waals surface area contributed by atoms with Crippen molar-refractivity contribution in [3.05, 3.63) is 0 Å². The van der Waals surface area contributed by atoms with Gasteiger partial charge in [-0.3, -0.25) is 9.59 Å². The quantitative estimate of drug-likeness (QED) is 0.738. The molecule has 0 spiro atoms. The Labute approximate surface area is 118 Å². The van der Waals surface area contributed by atoms with E-state index >= 15 is 0 Å². The van der Waals surface area contributed by atoms with Gasteiger partial charge in [0.2, 0.25) is 5.91 Å². The van der Waals surface area contributed by atoms with Crippen molar-refractivity contribution in [1.29, 1.82) is 0 Å². The number of hydrogen-bond acceptors (Lipinski definition) is 2. The standard InChI is InChI=1S/C9H6O.C3H7NO.2C2H6/c1-3-4-5-6-7-8-9(2)10;1-3(5)4-2;2*1-2/h1H,8H2,2H3;1-2H3,(H,4,5);2*1-2H3. The van der Waals surface area contributed by atoms with Gasteiger partial charge in [-0.05, 0) is 30.6 Å². The second-order valence-corrected chi connectivity index (χ2v) is 2.38. The van der Waals surface area contributed by atoms with E-state index in [-0.39, 0.29) is 18.1 Å². The van der Waals surface area contributed by atoms with Crippen LogP contribution in [0, 0.1) is 36.0 Å². The number of rotatable bonds is 1. The average Bonchev–Trinajstić information content (AvgIpc) is 2.43. The lowest BCUT2D eigenvalue weighted by Gasteiger charge is -1.80. The van der Waals surface area contributed by atoms with Crippen LogP contribution in [0.3, 0.4) is 0 Å². The number of ketones is 1. The molecule has 0 saturated carbocycles. The highest BCUT2D eigenvalue weighted by molar-refractivity contribution is 5.78. The maximum Gasteiger partial charge on any atom is 0.216 e. The van der Waals surface area contributed by atoms with Crippen LogP contribution in [0.5, 0.6) is 0 Å². The molecule has 0 unspecified atom stereocenters. The van der Waals surface area contributed by atoms with Crippen LogP contribution in [-0.2, 0) is 9.59 Å². The Morgan fingerprint density at radius 3 is 1.68 bits per heavy atom. The van der Waals surface area contributed by atoms with E-state index < -0.39 is 0 Å². The molecule has 0 rings (SSSR count). The lowest BCUT2D eigenvalue weighted by atomic mass is 10.3. The molecule has 0 aliphatic carbocycles. The average molecular weight is 263 g/mol. The lowest BCUT2D eigenvalue weighted by Crippen LogP contribution is -2.11. The Bertz CT molecular complexity index is 368. The molecule has 106 valence electrons. The minimum absolute atomic E-state index is 0.00463. The summed E-state index contributed by atoms with van der Waals surface area (Å²) in [5, 5.41) is 2.39. The Balaban J connectivity index is -0.000000105. The molecule has 0 bridgehead atoms. The van der Waals surface area contributed by atoms with Crippen LogP contribution < -0.4 is 5.32 Å². The highest BCUT2D eigenvalue weighted by atomic mass is 16.1. The molecule has 3 heteroatoms. The zero-order valence-corrected chi connectivity index (χ0v) is 13.1. The number of carbonyl (C=O) groups is 2. The fourth-order valence-corrected chi connectivity index (χ4v) is 0.280. The van der Waals surface area contributed by atoms with Crippen LogP contribution in [-0.4, -0.2) is 18.7 Å². The Hall–Kier alpha value is -2.18. The van der Waals surface area contributed by atoms with Crippen molar-refractivity contribution in [1.82, 2.24) is 5.32 Å². The zero-order chi connectivity index (χ0) is 16.1. The summed E-state index contributed by atoms with van der Waals surface area (Å²) in [6, 6.07) is 0. The molecule has 19 heavy (non-hydrogen) atoms. The molecule has 0 aromatic carbocycles. The van der Waals surface area contributed by atoms with Crippen molar-refractivity contribution in [2.45, 2.75) is 48.0 Å². The molecule has 3 nitrogen and oxygen atoms in total. The number of nitrogens with one attached hydrogen (secondary N) is 1. The molecule has 0 atom stereocenters. The van der Waals surface area contributed by atoms with Gasteiger partial charge in [0.25, 0.3) is 0 Å². The fourth-order valence-electron chi connectivity index (χ4n) is 0.280. The third-order valence-electron chi connectivity index (χ3n) is 0.975. The van der Waals surface area contributed by atoms with Gasteiger partial charge in [-0.15, -0.1) is 6.42 Å². The minimum atomic E-state index is 0.00463. The predicted octanol–water partition coefficient (Wildman–Crippen LogP) is 2.41. The summed E-state index contributed by atoms with van der Waals surface area (Å²) in [5.41, 5.74) is 0. The van der Waals surface area contributed by atoms with Gasteiger partial charge in [-0.2, -0.15) is 0 Å². The van der Waals surface area contributed by atoms with Crippen molar-refractivity contribution in [2.24, 2.45) is 0 Å². The summed E-state index contributed by atoms with van der Waals surface area (Å²) < 4.78 is 0. The van der Waals surface area contributed by atoms with Crippen LogP contribution in [0.1, 0.15) is 48.0 Å². The maximum atomic E-state index is 10.3. The van der Waals surface area contributed by atoms with Crippen molar-refractivity contribution in [3.8, 4) is 36.0 Å². The van der Waals surface area contributed by atoms with Gasteiger partial charge in [0, 0.05) is 14.0 Å². The number of terminal acetylenes is 1. The van der Waals surface area contributed by atoms with E-state index in [4.69, 9.17) is 6.42 Å². The molecule has 0 fully saturated rings. The zero-order valence-electron chi connectivity index (χ0n) is 13.1. The second kappa shape index (κ2) is 29.7. The minimum Gasteiger partial charge on any atom is -0.359 e. The highest BCUT2D eigenvalue weighted by Gasteiger charge is 1.82. The van der Waals surface area contributed by atoms with Crippen molar-refractivity contribution in [2.75, 3.05) is 7.05 Å². The molecule has 0 saturated heterocycles. The third-order valence-corrected chi connectivity index (χ3v) is 0.975. The summed E-state index contributed by atoms with van der Waals surface area (Å²) in [7, 11) is 1.60. The Kier molecular flexibility index (Phi) is 40.0. The van der Waals surface area contributed by atoms with Crippen molar-refractivity contribution >= 4 is 11.7 Å². The van der Waals surface area contributed by atoms with E-state index in [9.17, 15) is 9.59 Å². The first-order valence-corrected chi connectivity index (χ1v) is 6.15. The van der Waals surface area contributed by atoms with Crippen LogP contribution in [0.25, 0.3) is 0 Å². The number of carbonyl (C=O) groups excluding carboxylic acids is 2. The van der Waals surface area contributed by atoms with Crippen LogP contribution in [0.2, 0.25) is 0 Å². The van der Waals surface area contributed by atoms with Gasteiger partial charge in [-0.1, -0.05) is 33.6 Å². The van der Waals surface area contributed by atoms with Crippen molar-refractivity contribution < 1.29 is 9.59 Å². The normalized spacial score (nSPS) is 5.37. The Morgan fingerprint density at radius 1 is 1.00 bits per heavy atom. The molecule has 1 N–H and O–H groups in total. The predicted molar refractivity (Wildman–Crippen MR) is 82.1 cm³/mol. The third kappa shape index (κ3) is 65.0. The fraction of sp³-hybridized carbons (Fsp3) is 0.500. The maximum absolute atomic E-state index is 10.3. The summed E-state index contributed by atoms with van der Waals surface area (Å²) in [6.07, 6.45) is 5.06. The molecular weight excluding hydrogens is 238 g/mol. The van der Waals surface area contributed by atoms with Gasteiger partial charge in [0.15, 0.2) is 0 Å². The molecule has 0 aliphatic heterocycles.